The number of likely N-dealkylation sites (N-methyl/N-ethyl adjacent to an activating group) is 1. The molecule has 1 aliphatic rings. The molecule has 0 amide bonds. The van der Waals surface area contributed by atoms with Crippen molar-refractivity contribution in [2.24, 2.45) is 17.8 Å². The zero-order chi connectivity index (χ0) is 18.4. The summed E-state index contributed by atoms with van der Waals surface area (Å²) in [5.74, 6) is 2.03. The van der Waals surface area contributed by atoms with E-state index in [1.54, 1.807) is 0 Å². The fraction of sp³-hybridized carbons (Fsp3) is 0.727. The molecule has 0 spiro atoms. The van der Waals surface area contributed by atoms with Crippen LogP contribution in [0.3, 0.4) is 0 Å². The fourth-order valence-electron chi connectivity index (χ4n) is 4.31. The molecule has 1 aromatic carbocycles. The van der Waals surface area contributed by atoms with Gasteiger partial charge in [-0.3, -0.25) is 0 Å². The van der Waals surface area contributed by atoms with Gasteiger partial charge in [-0.05, 0) is 30.6 Å². The zero-order valence-electron chi connectivity index (χ0n) is 16.8. The summed E-state index contributed by atoms with van der Waals surface area (Å²) in [5, 5.41) is 10.5. The second-order valence-corrected chi connectivity index (χ2v) is 9.11. The molecule has 0 bridgehead atoms. The molecule has 25 heavy (non-hydrogen) atoms. The van der Waals surface area contributed by atoms with Crippen molar-refractivity contribution in [3.8, 4) is 0 Å². The average Bonchev–Trinajstić information content (AvgIpc) is 2.52. The highest BCUT2D eigenvalue weighted by Gasteiger charge is 2.32. The van der Waals surface area contributed by atoms with Crippen LogP contribution in [0.2, 0.25) is 0 Å². The Hall–Kier alpha value is -0.900. The first-order chi connectivity index (χ1) is 11.8. The minimum Gasteiger partial charge on any atom is -0.385 e. The van der Waals surface area contributed by atoms with Gasteiger partial charge in [-0.25, -0.2) is 0 Å². The zero-order valence-corrected chi connectivity index (χ0v) is 16.8. The SMILES string of the molecule is CC(C)[C@H]1CC[C@@H](C)C[C@H]1OC[C@H](O)C[N+](C)(C)Cc1ccccc1. The molecule has 3 nitrogen and oxygen atoms in total. The molecule has 4 atom stereocenters. The number of nitrogens with zero attached hydrogens (tertiary/aromatic N) is 1. The Morgan fingerprint density at radius 3 is 2.48 bits per heavy atom. The van der Waals surface area contributed by atoms with Crippen molar-refractivity contribution in [3.63, 3.8) is 0 Å². The van der Waals surface area contributed by atoms with Crippen LogP contribution in [0.5, 0.6) is 0 Å². The van der Waals surface area contributed by atoms with E-state index in [9.17, 15) is 5.11 Å². The minimum atomic E-state index is -0.413. The van der Waals surface area contributed by atoms with Crippen molar-refractivity contribution in [1.82, 2.24) is 0 Å². The van der Waals surface area contributed by atoms with E-state index in [1.807, 2.05) is 6.07 Å². The fourth-order valence-corrected chi connectivity index (χ4v) is 4.31. The van der Waals surface area contributed by atoms with Crippen LogP contribution in [-0.2, 0) is 11.3 Å². The molecule has 0 aromatic heterocycles. The summed E-state index contributed by atoms with van der Waals surface area (Å²) >= 11 is 0. The Labute approximate surface area is 154 Å². The Morgan fingerprint density at radius 1 is 1.16 bits per heavy atom. The van der Waals surface area contributed by atoms with Crippen LogP contribution < -0.4 is 0 Å². The number of hydrogen-bond acceptors (Lipinski definition) is 2. The van der Waals surface area contributed by atoms with Gasteiger partial charge in [0, 0.05) is 5.56 Å². The van der Waals surface area contributed by atoms with Crippen molar-refractivity contribution in [1.29, 1.82) is 0 Å². The van der Waals surface area contributed by atoms with E-state index in [0.717, 1.165) is 23.4 Å². The van der Waals surface area contributed by atoms with E-state index in [2.05, 4.69) is 59.1 Å². The maximum absolute atomic E-state index is 10.5. The predicted molar refractivity (Wildman–Crippen MR) is 104 cm³/mol. The van der Waals surface area contributed by atoms with Crippen LogP contribution in [0.25, 0.3) is 0 Å². The topological polar surface area (TPSA) is 29.5 Å². The molecular weight excluding hydrogens is 310 g/mol. The third-order valence-electron chi connectivity index (χ3n) is 5.62. The van der Waals surface area contributed by atoms with Crippen LogP contribution in [0, 0.1) is 17.8 Å². The van der Waals surface area contributed by atoms with Crippen molar-refractivity contribution < 1.29 is 14.3 Å². The molecule has 0 unspecified atom stereocenters. The summed E-state index contributed by atoms with van der Waals surface area (Å²) in [6.07, 6.45) is 3.60. The summed E-state index contributed by atoms with van der Waals surface area (Å²) < 4.78 is 6.99. The molecule has 142 valence electrons. The van der Waals surface area contributed by atoms with Crippen LogP contribution in [-0.4, -0.2) is 49.0 Å². The molecule has 0 saturated heterocycles. The first-order valence-corrected chi connectivity index (χ1v) is 9.92. The van der Waals surface area contributed by atoms with Crippen molar-refractivity contribution in [2.75, 3.05) is 27.2 Å². The first kappa shape index (κ1) is 20.4. The van der Waals surface area contributed by atoms with Crippen LogP contribution in [0.4, 0.5) is 0 Å². The minimum absolute atomic E-state index is 0.308. The normalized spacial score (nSPS) is 26.0. The summed E-state index contributed by atoms with van der Waals surface area (Å²) in [4.78, 5) is 0. The highest BCUT2D eigenvalue weighted by molar-refractivity contribution is 5.13. The number of ether oxygens (including phenoxy) is 1. The van der Waals surface area contributed by atoms with Gasteiger partial charge in [0.1, 0.15) is 19.2 Å². The maximum atomic E-state index is 10.5. The number of hydrogen-bond donors (Lipinski definition) is 1. The maximum Gasteiger partial charge on any atom is 0.126 e. The van der Waals surface area contributed by atoms with Crippen LogP contribution in [0.15, 0.2) is 30.3 Å². The lowest BCUT2D eigenvalue weighted by molar-refractivity contribution is -0.906. The van der Waals surface area contributed by atoms with E-state index in [-0.39, 0.29) is 0 Å². The van der Waals surface area contributed by atoms with Crippen LogP contribution in [0.1, 0.15) is 45.6 Å². The van der Waals surface area contributed by atoms with Crippen molar-refractivity contribution >= 4 is 0 Å². The molecule has 0 heterocycles. The number of benzene rings is 1. The Bertz CT molecular complexity index is 500. The summed E-state index contributed by atoms with van der Waals surface area (Å²) in [5.41, 5.74) is 1.31. The van der Waals surface area contributed by atoms with E-state index < -0.39 is 6.10 Å². The molecule has 1 saturated carbocycles. The molecule has 0 aliphatic heterocycles. The highest BCUT2D eigenvalue weighted by atomic mass is 16.5. The first-order valence-electron chi connectivity index (χ1n) is 9.92. The smallest absolute Gasteiger partial charge is 0.126 e. The van der Waals surface area contributed by atoms with Gasteiger partial charge in [-0.1, -0.05) is 57.5 Å². The van der Waals surface area contributed by atoms with E-state index in [0.29, 0.717) is 31.1 Å². The number of aliphatic hydroxyl groups is 1. The molecule has 1 fully saturated rings. The van der Waals surface area contributed by atoms with Gasteiger partial charge in [-0.15, -0.1) is 0 Å². The van der Waals surface area contributed by atoms with Gasteiger partial charge in [0.2, 0.25) is 0 Å². The van der Waals surface area contributed by atoms with Gasteiger partial charge in [0.15, 0.2) is 0 Å². The highest BCUT2D eigenvalue weighted by Crippen LogP contribution is 2.35. The summed E-state index contributed by atoms with van der Waals surface area (Å²) in [7, 11) is 4.35. The molecule has 1 aromatic rings. The van der Waals surface area contributed by atoms with E-state index in [1.165, 1.54) is 18.4 Å². The number of rotatable bonds is 8. The van der Waals surface area contributed by atoms with E-state index >= 15 is 0 Å². The monoisotopic (exact) mass is 348 g/mol. The molecular formula is C22H38NO2+. The van der Waals surface area contributed by atoms with Crippen LogP contribution >= 0.6 is 0 Å². The molecule has 2 rings (SSSR count). The predicted octanol–water partition coefficient (Wildman–Crippen LogP) is 4.10. The lowest BCUT2D eigenvalue weighted by Gasteiger charge is -2.38. The molecule has 0 radical (unpaired) electrons. The quantitative estimate of drug-likeness (QED) is 0.717. The number of aliphatic hydroxyl groups excluding tert-OH is 1. The second kappa shape index (κ2) is 9.16. The second-order valence-electron chi connectivity index (χ2n) is 9.11. The molecule has 1 N–H and O–H groups in total. The third-order valence-corrected chi connectivity index (χ3v) is 5.62. The van der Waals surface area contributed by atoms with E-state index in [4.69, 9.17) is 4.74 Å². The van der Waals surface area contributed by atoms with Gasteiger partial charge >= 0.3 is 0 Å². The summed E-state index contributed by atoms with van der Waals surface area (Å²) in [6, 6.07) is 10.5. The molecule has 1 aliphatic carbocycles. The Kier molecular flexibility index (Phi) is 7.48. The van der Waals surface area contributed by atoms with Crippen molar-refractivity contribution in [3.05, 3.63) is 35.9 Å². The van der Waals surface area contributed by atoms with Gasteiger partial charge in [0.05, 0.1) is 26.8 Å². The largest absolute Gasteiger partial charge is 0.385 e. The summed E-state index contributed by atoms with van der Waals surface area (Å²) in [6.45, 7) is 9.01. The van der Waals surface area contributed by atoms with Crippen molar-refractivity contribution in [2.45, 2.75) is 58.8 Å². The van der Waals surface area contributed by atoms with Gasteiger partial charge in [0.25, 0.3) is 0 Å². The molecule has 3 heteroatoms. The third kappa shape index (κ3) is 6.73. The Balaban J connectivity index is 1.83. The lowest BCUT2D eigenvalue weighted by Crippen LogP contribution is -2.46. The standard InChI is InChI=1S/C22H38NO2/c1-17(2)21-12-11-18(3)13-22(21)25-16-20(24)15-23(4,5)14-19-9-7-6-8-10-19/h6-10,17-18,20-22,24H,11-16H2,1-5H3/q+1/t18-,20-,21-,22-/m1/s1. The average molecular weight is 349 g/mol. The van der Waals surface area contributed by atoms with Gasteiger partial charge < -0.3 is 14.3 Å². The Morgan fingerprint density at radius 2 is 1.84 bits per heavy atom. The number of quaternary nitrogens is 1. The lowest BCUT2D eigenvalue weighted by atomic mass is 9.75. The van der Waals surface area contributed by atoms with Gasteiger partial charge in [-0.2, -0.15) is 0 Å².